The van der Waals surface area contributed by atoms with Crippen molar-refractivity contribution in [3.63, 3.8) is 0 Å². The van der Waals surface area contributed by atoms with Crippen LogP contribution in [0.5, 0.6) is 0 Å². The lowest BCUT2D eigenvalue weighted by molar-refractivity contribution is 0.240. The maximum absolute atomic E-state index is 11.2. The average molecular weight is 209 g/mol. The minimum atomic E-state index is -3.19. The van der Waals surface area contributed by atoms with Gasteiger partial charge in [0.05, 0.1) is 4.75 Å². The minimum absolute atomic E-state index is 0.0227. The quantitative estimate of drug-likeness (QED) is 0.314. The van der Waals surface area contributed by atoms with E-state index in [2.05, 4.69) is 5.32 Å². The van der Waals surface area contributed by atoms with E-state index in [0.29, 0.717) is 0 Å². The zero-order chi connectivity index (χ0) is 10.7. The van der Waals surface area contributed by atoms with Crippen LogP contribution in [0.4, 0.5) is 4.79 Å². The Morgan fingerprint density at radius 2 is 1.92 bits per heavy atom. The molecule has 0 saturated heterocycles. The van der Waals surface area contributed by atoms with E-state index in [0.717, 1.165) is 6.26 Å². The summed E-state index contributed by atoms with van der Waals surface area (Å²) in [6.45, 7) is 3.08. The molecule has 0 aliphatic rings. The van der Waals surface area contributed by atoms with Crippen molar-refractivity contribution in [2.24, 2.45) is 5.84 Å². The third kappa shape index (κ3) is 3.60. The molecular formula is C6H15N3O3S. The van der Waals surface area contributed by atoms with Gasteiger partial charge in [0.25, 0.3) is 0 Å². The first kappa shape index (κ1) is 12.2. The van der Waals surface area contributed by atoms with E-state index >= 15 is 0 Å². The van der Waals surface area contributed by atoms with Crippen LogP contribution in [0.2, 0.25) is 0 Å². The van der Waals surface area contributed by atoms with E-state index in [9.17, 15) is 13.2 Å². The number of hydrogen-bond acceptors (Lipinski definition) is 4. The molecule has 2 amide bonds. The fourth-order valence-corrected chi connectivity index (χ4v) is 0.810. The Labute approximate surface area is 77.8 Å². The highest BCUT2D eigenvalue weighted by molar-refractivity contribution is 7.92. The fraction of sp³-hybridized carbons (Fsp3) is 0.833. The largest absolute Gasteiger partial charge is 0.335 e. The van der Waals surface area contributed by atoms with E-state index in [-0.39, 0.29) is 6.54 Å². The molecule has 0 radical (unpaired) electrons. The Hall–Kier alpha value is -0.820. The maximum Gasteiger partial charge on any atom is 0.328 e. The van der Waals surface area contributed by atoms with Crippen molar-refractivity contribution < 1.29 is 13.2 Å². The number of nitrogens with two attached hydrogens (primary N) is 1. The van der Waals surface area contributed by atoms with Crippen LogP contribution in [0, 0.1) is 0 Å². The number of hydrogen-bond donors (Lipinski definition) is 3. The summed E-state index contributed by atoms with van der Waals surface area (Å²) < 4.78 is 21.3. The van der Waals surface area contributed by atoms with Gasteiger partial charge >= 0.3 is 6.03 Å². The van der Waals surface area contributed by atoms with Crippen molar-refractivity contribution >= 4 is 15.9 Å². The van der Waals surface area contributed by atoms with Gasteiger partial charge in [0.1, 0.15) is 0 Å². The van der Waals surface area contributed by atoms with Crippen LogP contribution in [0.3, 0.4) is 0 Å². The summed E-state index contributed by atoms with van der Waals surface area (Å²) in [5.74, 6) is 4.80. The summed E-state index contributed by atoms with van der Waals surface area (Å²) in [4.78, 5) is 10.6. The number of rotatable bonds is 3. The van der Waals surface area contributed by atoms with Crippen molar-refractivity contribution in [2.75, 3.05) is 12.8 Å². The highest BCUT2D eigenvalue weighted by Crippen LogP contribution is 2.12. The number of carbonyl (C=O) groups excluding carboxylic acids is 1. The number of carbonyl (C=O) groups is 1. The first-order valence-corrected chi connectivity index (χ1v) is 5.54. The smallest absolute Gasteiger partial charge is 0.328 e. The molecule has 0 bridgehead atoms. The fourth-order valence-electron chi connectivity index (χ4n) is 0.475. The highest BCUT2D eigenvalue weighted by atomic mass is 32.2. The first-order valence-electron chi connectivity index (χ1n) is 3.65. The summed E-state index contributed by atoms with van der Waals surface area (Å²) in [7, 11) is -3.19. The number of nitrogens with one attached hydrogen (secondary N) is 2. The summed E-state index contributed by atoms with van der Waals surface area (Å²) in [5.41, 5.74) is 1.84. The molecule has 0 aliphatic heterocycles. The second-order valence-corrected chi connectivity index (χ2v) is 6.01. The summed E-state index contributed by atoms with van der Waals surface area (Å²) in [6, 6.07) is -0.600. The molecule has 4 N–H and O–H groups in total. The Kier molecular flexibility index (Phi) is 3.68. The minimum Gasteiger partial charge on any atom is -0.335 e. The van der Waals surface area contributed by atoms with Crippen molar-refractivity contribution in [1.29, 1.82) is 0 Å². The summed E-state index contributed by atoms with van der Waals surface area (Å²) >= 11 is 0. The SMILES string of the molecule is CC(C)(CNC(=O)NN)S(C)(=O)=O. The number of urea groups is 1. The van der Waals surface area contributed by atoms with Crippen molar-refractivity contribution in [3.8, 4) is 0 Å². The number of hydrazine groups is 1. The number of sulfone groups is 1. The molecule has 0 atom stereocenters. The van der Waals surface area contributed by atoms with Gasteiger partial charge in [0.2, 0.25) is 0 Å². The molecule has 6 nitrogen and oxygen atoms in total. The lowest BCUT2D eigenvalue weighted by Crippen LogP contribution is -2.48. The van der Waals surface area contributed by atoms with E-state index in [4.69, 9.17) is 5.84 Å². The van der Waals surface area contributed by atoms with Crippen molar-refractivity contribution in [1.82, 2.24) is 10.7 Å². The molecular weight excluding hydrogens is 194 g/mol. The summed E-state index contributed by atoms with van der Waals surface area (Å²) in [6.07, 6.45) is 1.12. The van der Waals surface area contributed by atoms with Gasteiger partial charge in [0, 0.05) is 12.8 Å². The Morgan fingerprint density at radius 1 is 1.46 bits per heavy atom. The molecule has 0 heterocycles. The van der Waals surface area contributed by atoms with Crippen molar-refractivity contribution in [2.45, 2.75) is 18.6 Å². The van der Waals surface area contributed by atoms with Crippen LogP contribution in [-0.2, 0) is 9.84 Å². The van der Waals surface area contributed by atoms with Gasteiger partial charge in [-0.3, -0.25) is 5.43 Å². The highest BCUT2D eigenvalue weighted by Gasteiger charge is 2.30. The van der Waals surface area contributed by atoms with Gasteiger partial charge in [0.15, 0.2) is 9.84 Å². The molecule has 0 unspecified atom stereocenters. The Morgan fingerprint density at radius 3 is 2.23 bits per heavy atom. The van der Waals surface area contributed by atoms with E-state index in [1.807, 2.05) is 5.43 Å². The zero-order valence-corrected chi connectivity index (χ0v) is 8.73. The van der Waals surface area contributed by atoms with Crippen LogP contribution in [0.25, 0.3) is 0 Å². The van der Waals surface area contributed by atoms with Crippen LogP contribution >= 0.6 is 0 Å². The first-order chi connectivity index (χ1) is 5.70. The molecule has 0 rings (SSSR count). The van der Waals surface area contributed by atoms with Gasteiger partial charge in [-0.2, -0.15) is 0 Å². The van der Waals surface area contributed by atoms with Crippen molar-refractivity contribution in [3.05, 3.63) is 0 Å². The van der Waals surface area contributed by atoms with Crippen LogP contribution in [0.15, 0.2) is 0 Å². The molecule has 7 heteroatoms. The topological polar surface area (TPSA) is 101 Å². The predicted molar refractivity (Wildman–Crippen MR) is 49.6 cm³/mol. The molecule has 0 aromatic rings. The van der Waals surface area contributed by atoms with Gasteiger partial charge in [-0.15, -0.1) is 0 Å². The predicted octanol–water partition coefficient (Wildman–Crippen LogP) is -1.02. The lowest BCUT2D eigenvalue weighted by Gasteiger charge is -2.22. The van der Waals surface area contributed by atoms with E-state index < -0.39 is 20.6 Å². The molecule has 0 aliphatic carbocycles. The molecule has 0 fully saturated rings. The second-order valence-electron chi connectivity index (χ2n) is 3.36. The third-order valence-corrected chi connectivity index (χ3v) is 3.96. The zero-order valence-electron chi connectivity index (χ0n) is 7.92. The molecule has 0 saturated carbocycles. The summed E-state index contributed by atoms with van der Waals surface area (Å²) in [5, 5.41) is 2.32. The molecule has 0 aromatic carbocycles. The van der Waals surface area contributed by atoms with Gasteiger partial charge in [-0.25, -0.2) is 19.1 Å². The van der Waals surface area contributed by atoms with Gasteiger partial charge < -0.3 is 5.32 Å². The monoisotopic (exact) mass is 209 g/mol. The number of amides is 2. The average Bonchev–Trinajstić information content (AvgIpc) is 1.98. The van der Waals surface area contributed by atoms with E-state index in [1.54, 1.807) is 0 Å². The van der Waals surface area contributed by atoms with E-state index in [1.165, 1.54) is 13.8 Å². The van der Waals surface area contributed by atoms with Crippen LogP contribution in [-0.4, -0.2) is 32.0 Å². The molecule has 13 heavy (non-hydrogen) atoms. The lowest BCUT2D eigenvalue weighted by atomic mass is 10.2. The molecule has 0 spiro atoms. The molecule has 0 aromatic heterocycles. The molecule has 78 valence electrons. The second kappa shape index (κ2) is 3.93. The Bertz CT molecular complexity index is 283. The Balaban J connectivity index is 4.29. The van der Waals surface area contributed by atoms with Gasteiger partial charge in [-0.1, -0.05) is 0 Å². The standard InChI is InChI=1S/C6H15N3O3S/c1-6(2,13(3,11)12)4-8-5(10)9-7/h4,7H2,1-3H3,(H2,8,9,10). The van der Waals surface area contributed by atoms with Crippen LogP contribution in [0.1, 0.15) is 13.8 Å². The third-order valence-electron chi connectivity index (χ3n) is 1.81. The van der Waals surface area contributed by atoms with Gasteiger partial charge in [-0.05, 0) is 13.8 Å². The van der Waals surface area contributed by atoms with Crippen LogP contribution < -0.4 is 16.6 Å². The maximum atomic E-state index is 11.2. The normalized spacial score (nSPS) is 12.3.